The van der Waals surface area contributed by atoms with Gasteiger partial charge in [0.05, 0.1) is 12.3 Å². The summed E-state index contributed by atoms with van der Waals surface area (Å²) in [6.07, 6.45) is 5.61. The largest absolute Gasteiger partial charge is 0.492 e. The van der Waals surface area contributed by atoms with Crippen LogP contribution in [0.15, 0.2) is 46.2 Å². The van der Waals surface area contributed by atoms with Crippen LogP contribution in [0, 0.1) is 5.92 Å². The summed E-state index contributed by atoms with van der Waals surface area (Å²) < 4.78 is 8.39. The molecule has 0 spiro atoms. The molecule has 0 amide bonds. The molecule has 1 heterocycles. The van der Waals surface area contributed by atoms with Gasteiger partial charge in [-0.2, -0.15) is 0 Å². The second-order valence-corrected chi connectivity index (χ2v) is 5.27. The summed E-state index contributed by atoms with van der Waals surface area (Å²) in [6, 6.07) is 7.23. The Balaban J connectivity index is 2.05. The van der Waals surface area contributed by atoms with Crippen molar-refractivity contribution in [1.29, 1.82) is 0 Å². The van der Waals surface area contributed by atoms with E-state index in [0.29, 0.717) is 30.5 Å². The monoisotopic (exact) mass is 286 g/mol. The Morgan fingerprint density at radius 3 is 2.62 bits per heavy atom. The van der Waals surface area contributed by atoms with Gasteiger partial charge in [0.15, 0.2) is 0 Å². The van der Waals surface area contributed by atoms with Gasteiger partial charge in [-0.25, -0.2) is 0 Å². The maximum absolute atomic E-state index is 12.3. The molecule has 1 aromatic carbocycles. The van der Waals surface area contributed by atoms with Gasteiger partial charge < -0.3 is 9.30 Å². The average Bonchev–Trinajstić information content (AvgIpc) is 3.30. The summed E-state index contributed by atoms with van der Waals surface area (Å²) in [5.74, 6) is 1.15. The normalized spacial score (nSPS) is 14.1. The molecule has 5 nitrogen and oxygen atoms in total. The molecule has 0 saturated heterocycles. The van der Waals surface area contributed by atoms with Crippen LogP contribution in [-0.2, 0) is 6.54 Å². The van der Waals surface area contributed by atoms with Gasteiger partial charge in [-0.15, -0.1) is 0 Å². The van der Waals surface area contributed by atoms with E-state index >= 15 is 0 Å². The molecule has 1 saturated carbocycles. The van der Waals surface area contributed by atoms with Gasteiger partial charge in [0.25, 0.3) is 0 Å². The maximum atomic E-state index is 12.3. The minimum Gasteiger partial charge on any atom is -0.492 e. The molecular formula is C16H18N2O3. The van der Waals surface area contributed by atoms with Crippen molar-refractivity contribution in [3.8, 4) is 11.4 Å². The van der Waals surface area contributed by atoms with Gasteiger partial charge in [-0.3, -0.25) is 14.2 Å². The van der Waals surface area contributed by atoms with Gasteiger partial charge >= 0.3 is 11.1 Å². The summed E-state index contributed by atoms with van der Waals surface area (Å²) in [7, 11) is 0. The zero-order chi connectivity index (χ0) is 14.8. The van der Waals surface area contributed by atoms with Gasteiger partial charge in [-0.05, 0) is 37.8 Å². The minimum absolute atomic E-state index is 0.476. The predicted molar refractivity (Wildman–Crippen MR) is 80.2 cm³/mol. The fourth-order valence-electron chi connectivity index (χ4n) is 2.35. The molecular weight excluding hydrogens is 268 g/mol. The lowest BCUT2D eigenvalue weighted by Crippen LogP contribution is -2.40. The molecule has 5 heteroatoms. The number of rotatable bonds is 5. The first-order chi connectivity index (χ1) is 10.2. The van der Waals surface area contributed by atoms with E-state index in [1.54, 1.807) is 24.5 Å². The third-order valence-electron chi connectivity index (χ3n) is 3.63. The van der Waals surface area contributed by atoms with Crippen LogP contribution in [0.3, 0.4) is 0 Å². The van der Waals surface area contributed by atoms with E-state index in [-0.39, 0.29) is 0 Å². The van der Waals surface area contributed by atoms with Crippen LogP contribution in [0.4, 0.5) is 0 Å². The smallest absolute Gasteiger partial charge is 0.321 e. The zero-order valence-electron chi connectivity index (χ0n) is 12.0. The molecule has 0 radical (unpaired) electrons. The Labute approximate surface area is 122 Å². The lowest BCUT2D eigenvalue weighted by Gasteiger charge is -2.12. The highest BCUT2D eigenvalue weighted by Gasteiger charge is 2.22. The van der Waals surface area contributed by atoms with Crippen LogP contribution in [0.5, 0.6) is 5.75 Å². The van der Waals surface area contributed by atoms with E-state index in [2.05, 4.69) is 0 Å². The Kier molecular flexibility index (Phi) is 3.64. The zero-order valence-corrected chi connectivity index (χ0v) is 12.0. The van der Waals surface area contributed by atoms with Crippen LogP contribution < -0.4 is 15.9 Å². The molecule has 0 atom stereocenters. The number of nitrogens with zero attached hydrogens (tertiary/aromatic N) is 2. The van der Waals surface area contributed by atoms with Crippen molar-refractivity contribution in [2.24, 2.45) is 5.92 Å². The van der Waals surface area contributed by atoms with Crippen LogP contribution in [0.2, 0.25) is 0 Å². The number of para-hydroxylation sites is 2. The Hall–Kier alpha value is -2.30. The first-order valence-electron chi connectivity index (χ1n) is 7.25. The highest BCUT2D eigenvalue weighted by atomic mass is 16.5. The van der Waals surface area contributed by atoms with Crippen molar-refractivity contribution in [3.05, 3.63) is 57.4 Å². The van der Waals surface area contributed by atoms with E-state index in [1.165, 1.54) is 9.13 Å². The quantitative estimate of drug-likeness (QED) is 0.788. The number of hydrogen-bond donors (Lipinski definition) is 0. The van der Waals surface area contributed by atoms with E-state index < -0.39 is 11.1 Å². The summed E-state index contributed by atoms with van der Waals surface area (Å²) in [5.41, 5.74) is -0.416. The van der Waals surface area contributed by atoms with Gasteiger partial charge in [-0.1, -0.05) is 12.1 Å². The first kappa shape index (κ1) is 13.7. The lowest BCUT2D eigenvalue weighted by atomic mass is 10.3. The van der Waals surface area contributed by atoms with Crippen LogP contribution in [0.1, 0.15) is 19.8 Å². The van der Waals surface area contributed by atoms with Crippen molar-refractivity contribution >= 4 is 0 Å². The standard InChI is InChI=1S/C16H18N2O3/c1-2-21-14-6-4-3-5-13(14)18-10-9-17(11-12-7-8-12)15(19)16(18)20/h3-6,9-10,12H,2,7-8,11H2,1H3. The second-order valence-electron chi connectivity index (χ2n) is 5.27. The molecule has 0 bridgehead atoms. The van der Waals surface area contributed by atoms with Gasteiger partial charge in [0, 0.05) is 18.9 Å². The fourth-order valence-corrected chi connectivity index (χ4v) is 2.35. The molecule has 0 aliphatic heterocycles. The number of aromatic nitrogens is 2. The first-order valence-corrected chi connectivity index (χ1v) is 7.25. The Morgan fingerprint density at radius 1 is 1.14 bits per heavy atom. The second kappa shape index (κ2) is 5.60. The third-order valence-corrected chi connectivity index (χ3v) is 3.63. The summed E-state index contributed by atoms with van der Waals surface area (Å²) in [5, 5.41) is 0. The summed E-state index contributed by atoms with van der Waals surface area (Å²) in [6.45, 7) is 3.03. The van der Waals surface area contributed by atoms with Gasteiger partial charge in [0.1, 0.15) is 5.75 Å². The molecule has 1 aliphatic rings. The van der Waals surface area contributed by atoms with E-state index in [0.717, 1.165) is 12.8 Å². The van der Waals surface area contributed by atoms with Crippen molar-refractivity contribution in [1.82, 2.24) is 9.13 Å². The van der Waals surface area contributed by atoms with Crippen LogP contribution >= 0.6 is 0 Å². The number of ether oxygens (including phenoxy) is 1. The van der Waals surface area contributed by atoms with E-state index in [9.17, 15) is 9.59 Å². The molecule has 0 unspecified atom stereocenters. The van der Waals surface area contributed by atoms with E-state index in [1.807, 2.05) is 19.1 Å². The van der Waals surface area contributed by atoms with Crippen molar-refractivity contribution in [2.45, 2.75) is 26.3 Å². The van der Waals surface area contributed by atoms with Crippen molar-refractivity contribution in [2.75, 3.05) is 6.61 Å². The number of benzene rings is 1. The topological polar surface area (TPSA) is 53.2 Å². The SMILES string of the molecule is CCOc1ccccc1-n1ccn(CC2CC2)c(=O)c1=O. The molecule has 2 aromatic rings. The molecule has 3 rings (SSSR count). The number of hydrogen-bond acceptors (Lipinski definition) is 3. The molecule has 1 fully saturated rings. The molecule has 1 aliphatic carbocycles. The average molecular weight is 286 g/mol. The van der Waals surface area contributed by atoms with E-state index in [4.69, 9.17) is 4.74 Å². The van der Waals surface area contributed by atoms with Crippen molar-refractivity contribution < 1.29 is 4.74 Å². The molecule has 0 N–H and O–H groups in total. The molecule has 1 aromatic heterocycles. The van der Waals surface area contributed by atoms with Crippen LogP contribution in [0.25, 0.3) is 5.69 Å². The van der Waals surface area contributed by atoms with Crippen LogP contribution in [-0.4, -0.2) is 15.7 Å². The van der Waals surface area contributed by atoms with Gasteiger partial charge in [0.2, 0.25) is 0 Å². The Bertz CT molecular complexity index is 757. The highest BCUT2D eigenvalue weighted by molar-refractivity contribution is 5.46. The third kappa shape index (κ3) is 2.77. The predicted octanol–water partition coefficient (Wildman–Crippen LogP) is 1.81. The molecule has 21 heavy (non-hydrogen) atoms. The summed E-state index contributed by atoms with van der Waals surface area (Å²) in [4.78, 5) is 24.5. The Morgan fingerprint density at radius 2 is 1.90 bits per heavy atom. The highest BCUT2D eigenvalue weighted by Crippen LogP contribution is 2.29. The lowest BCUT2D eigenvalue weighted by molar-refractivity contribution is 0.339. The minimum atomic E-state index is -0.537. The fraction of sp³-hybridized carbons (Fsp3) is 0.375. The van der Waals surface area contributed by atoms with Crippen molar-refractivity contribution in [3.63, 3.8) is 0 Å². The maximum Gasteiger partial charge on any atom is 0.321 e. The summed E-state index contributed by atoms with van der Waals surface area (Å²) >= 11 is 0. The molecule has 110 valence electrons.